The van der Waals surface area contributed by atoms with Crippen molar-refractivity contribution in [3.05, 3.63) is 53.4 Å². The molecule has 7 heteroatoms. The van der Waals surface area contributed by atoms with Gasteiger partial charge in [-0.1, -0.05) is 42.8 Å². The van der Waals surface area contributed by atoms with Crippen LogP contribution in [0.1, 0.15) is 37.7 Å². The number of nitrogens with zero attached hydrogens (tertiary/aromatic N) is 1. The van der Waals surface area contributed by atoms with E-state index in [1.807, 2.05) is 18.2 Å². The average molecular weight is 405 g/mol. The number of amides is 1. The Kier molecular flexibility index (Phi) is 5.09. The molecule has 1 N–H and O–H groups in total. The Morgan fingerprint density at radius 1 is 1.15 bits per heavy atom. The fourth-order valence-electron chi connectivity index (χ4n) is 4.15. The Balaban J connectivity index is 1.46. The van der Waals surface area contributed by atoms with Crippen LogP contribution in [0.15, 0.2) is 52.1 Å². The van der Waals surface area contributed by atoms with Crippen molar-refractivity contribution in [3.8, 4) is 0 Å². The maximum atomic E-state index is 12.9. The van der Waals surface area contributed by atoms with E-state index in [1.165, 1.54) is 21.2 Å². The summed E-state index contributed by atoms with van der Waals surface area (Å²) in [7, 11) is -3.60. The zero-order valence-corrected chi connectivity index (χ0v) is 16.8. The van der Waals surface area contributed by atoms with Crippen molar-refractivity contribution in [1.82, 2.24) is 9.62 Å². The number of hydrogen-bond donors (Lipinski definition) is 1. The van der Waals surface area contributed by atoms with Crippen LogP contribution >= 0.6 is 11.3 Å². The summed E-state index contributed by atoms with van der Waals surface area (Å²) in [5.74, 6) is -0.171. The summed E-state index contributed by atoms with van der Waals surface area (Å²) >= 11 is 1.20. The predicted molar refractivity (Wildman–Crippen MR) is 106 cm³/mol. The van der Waals surface area contributed by atoms with Crippen molar-refractivity contribution in [2.75, 3.05) is 13.1 Å². The third kappa shape index (κ3) is 3.44. The van der Waals surface area contributed by atoms with E-state index in [4.69, 9.17) is 0 Å². The van der Waals surface area contributed by atoms with Crippen LogP contribution < -0.4 is 5.32 Å². The topological polar surface area (TPSA) is 66.5 Å². The van der Waals surface area contributed by atoms with Crippen LogP contribution in [-0.4, -0.2) is 37.8 Å². The first-order valence-corrected chi connectivity index (χ1v) is 11.7. The second-order valence-corrected chi connectivity index (χ2v) is 10.5. The van der Waals surface area contributed by atoms with E-state index in [1.54, 1.807) is 17.5 Å². The Morgan fingerprint density at radius 2 is 1.93 bits per heavy atom. The summed E-state index contributed by atoms with van der Waals surface area (Å²) < 4.78 is 27.4. The van der Waals surface area contributed by atoms with Crippen LogP contribution in [0.5, 0.6) is 0 Å². The Bertz CT molecular complexity index is 891. The minimum atomic E-state index is -3.60. The molecule has 1 amide bonds. The van der Waals surface area contributed by atoms with E-state index in [-0.39, 0.29) is 11.3 Å². The lowest BCUT2D eigenvalue weighted by Crippen LogP contribution is -2.51. The van der Waals surface area contributed by atoms with Gasteiger partial charge in [-0.2, -0.15) is 4.31 Å². The SMILES string of the molecule is O=C(NCC1(c2ccccc2)CCC1)C1CCCN1S(=O)(=O)c1cccs1. The summed E-state index contributed by atoms with van der Waals surface area (Å²) in [6, 6.07) is 13.0. The van der Waals surface area contributed by atoms with Crippen LogP contribution in [0.2, 0.25) is 0 Å². The van der Waals surface area contributed by atoms with Gasteiger partial charge in [0.2, 0.25) is 5.91 Å². The van der Waals surface area contributed by atoms with Gasteiger partial charge in [0.1, 0.15) is 10.3 Å². The Labute approximate surface area is 164 Å². The van der Waals surface area contributed by atoms with Gasteiger partial charge in [0.05, 0.1) is 0 Å². The standard InChI is InChI=1S/C20H24N2O3S2/c23-19(21-15-20(11-6-12-20)16-7-2-1-3-8-16)17-9-4-13-22(17)27(24,25)18-10-5-14-26-18/h1-3,5,7-8,10,14,17H,4,6,9,11-13,15H2,(H,21,23). The molecule has 2 heterocycles. The molecule has 0 radical (unpaired) electrons. The first-order chi connectivity index (χ1) is 13.0. The molecule has 1 aliphatic heterocycles. The highest BCUT2D eigenvalue weighted by Gasteiger charge is 2.42. The molecule has 0 spiro atoms. The molecule has 1 aromatic heterocycles. The van der Waals surface area contributed by atoms with E-state index >= 15 is 0 Å². The highest BCUT2D eigenvalue weighted by atomic mass is 32.2. The first kappa shape index (κ1) is 18.7. The number of nitrogens with one attached hydrogen (secondary N) is 1. The average Bonchev–Trinajstić information content (AvgIpc) is 3.34. The van der Waals surface area contributed by atoms with Gasteiger partial charge in [-0.05, 0) is 42.7 Å². The molecule has 1 saturated heterocycles. The van der Waals surface area contributed by atoms with Crippen molar-refractivity contribution in [3.63, 3.8) is 0 Å². The number of benzene rings is 1. The van der Waals surface area contributed by atoms with Gasteiger partial charge in [0.15, 0.2) is 0 Å². The molecular weight excluding hydrogens is 380 g/mol. The lowest BCUT2D eigenvalue weighted by Gasteiger charge is -2.43. The minimum absolute atomic E-state index is 0.00696. The molecular formula is C20H24N2O3S2. The molecule has 2 aliphatic rings. The number of hydrogen-bond acceptors (Lipinski definition) is 4. The molecule has 2 aromatic rings. The van der Waals surface area contributed by atoms with E-state index in [9.17, 15) is 13.2 Å². The van der Waals surface area contributed by atoms with Gasteiger partial charge >= 0.3 is 0 Å². The summed E-state index contributed by atoms with van der Waals surface area (Å²) in [6.07, 6.45) is 4.56. The molecule has 0 bridgehead atoms. The fraction of sp³-hybridized carbons (Fsp3) is 0.450. The summed E-state index contributed by atoms with van der Waals surface area (Å²) in [5.41, 5.74) is 1.25. The van der Waals surface area contributed by atoms with E-state index in [0.29, 0.717) is 30.1 Å². The minimum Gasteiger partial charge on any atom is -0.354 e. The van der Waals surface area contributed by atoms with Crippen LogP contribution in [0.25, 0.3) is 0 Å². The van der Waals surface area contributed by atoms with Gasteiger partial charge in [-0.25, -0.2) is 8.42 Å². The molecule has 1 saturated carbocycles. The number of carbonyl (C=O) groups excluding carboxylic acids is 1. The summed E-state index contributed by atoms with van der Waals surface area (Å²) in [5, 5.41) is 4.82. The Morgan fingerprint density at radius 3 is 2.56 bits per heavy atom. The number of sulfonamides is 1. The van der Waals surface area contributed by atoms with Crippen molar-refractivity contribution >= 4 is 27.3 Å². The number of carbonyl (C=O) groups is 1. The zero-order valence-electron chi connectivity index (χ0n) is 15.1. The molecule has 4 rings (SSSR count). The van der Waals surface area contributed by atoms with Gasteiger partial charge in [0, 0.05) is 18.5 Å². The summed E-state index contributed by atoms with van der Waals surface area (Å²) in [6.45, 7) is 0.974. The lowest BCUT2D eigenvalue weighted by molar-refractivity contribution is -0.124. The fourth-order valence-corrected chi connectivity index (χ4v) is 6.93. The van der Waals surface area contributed by atoms with Crippen molar-refractivity contribution < 1.29 is 13.2 Å². The van der Waals surface area contributed by atoms with E-state index in [2.05, 4.69) is 17.4 Å². The maximum absolute atomic E-state index is 12.9. The van der Waals surface area contributed by atoms with Gasteiger partial charge in [-0.15, -0.1) is 11.3 Å². The largest absolute Gasteiger partial charge is 0.354 e. The lowest BCUT2D eigenvalue weighted by atomic mass is 9.64. The van der Waals surface area contributed by atoms with Gasteiger partial charge in [0.25, 0.3) is 10.0 Å². The molecule has 1 aliphatic carbocycles. The molecule has 5 nitrogen and oxygen atoms in total. The molecule has 1 unspecified atom stereocenters. The van der Waals surface area contributed by atoms with Crippen molar-refractivity contribution in [2.24, 2.45) is 0 Å². The van der Waals surface area contributed by atoms with Crippen molar-refractivity contribution in [2.45, 2.75) is 47.8 Å². The van der Waals surface area contributed by atoms with E-state index in [0.717, 1.165) is 19.3 Å². The highest BCUT2D eigenvalue weighted by Crippen LogP contribution is 2.43. The molecule has 27 heavy (non-hydrogen) atoms. The van der Waals surface area contributed by atoms with Crippen molar-refractivity contribution in [1.29, 1.82) is 0 Å². The Hall–Kier alpha value is -1.70. The zero-order chi connectivity index (χ0) is 18.9. The summed E-state index contributed by atoms with van der Waals surface area (Å²) in [4.78, 5) is 12.9. The number of thiophene rings is 1. The normalized spacial score (nSPS) is 22.3. The third-order valence-corrected chi connectivity index (χ3v) is 9.14. The molecule has 144 valence electrons. The van der Waals surface area contributed by atoms with Crippen LogP contribution in [0.3, 0.4) is 0 Å². The quantitative estimate of drug-likeness (QED) is 0.804. The monoisotopic (exact) mass is 404 g/mol. The number of rotatable bonds is 6. The van der Waals surface area contributed by atoms with Gasteiger partial charge < -0.3 is 5.32 Å². The third-order valence-electron chi connectivity index (χ3n) is 5.86. The van der Waals surface area contributed by atoms with Crippen LogP contribution in [0.4, 0.5) is 0 Å². The van der Waals surface area contributed by atoms with Gasteiger partial charge in [-0.3, -0.25) is 4.79 Å². The second kappa shape index (κ2) is 7.37. The first-order valence-electron chi connectivity index (χ1n) is 9.42. The highest BCUT2D eigenvalue weighted by molar-refractivity contribution is 7.91. The predicted octanol–water partition coefficient (Wildman–Crippen LogP) is 3.14. The van der Waals surface area contributed by atoms with E-state index < -0.39 is 16.1 Å². The maximum Gasteiger partial charge on any atom is 0.253 e. The smallest absolute Gasteiger partial charge is 0.253 e. The van der Waals surface area contributed by atoms with Crippen LogP contribution in [-0.2, 0) is 20.2 Å². The molecule has 1 aromatic carbocycles. The molecule has 1 atom stereocenters. The second-order valence-electron chi connectivity index (χ2n) is 7.42. The molecule has 2 fully saturated rings. The van der Waals surface area contributed by atoms with Crippen LogP contribution in [0, 0.1) is 0 Å².